The molecule has 10 N–H and O–H groups in total. The van der Waals surface area contributed by atoms with Crippen LogP contribution in [0, 0.1) is 0 Å². The SMILES string of the molecule is C[C@H](NC(=O)[C@@H](N)Cc1cnc[nH]1)C(=O)N[C@@H](CCCN=C(N)N)C(=O)O. The number of carboxylic acids is 1. The number of nitrogens with zero attached hydrogens (tertiary/aromatic N) is 2. The molecule has 3 atom stereocenters. The number of aromatic nitrogens is 2. The van der Waals surface area contributed by atoms with Crippen molar-refractivity contribution in [2.24, 2.45) is 22.2 Å². The van der Waals surface area contributed by atoms with Crippen LogP contribution in [-0.4, -0.2) is 63.5 Å². The number of rotatable bonds is 11. The number of H-pyrrole nitrogens is 1. The molecule has 150 valence electrons. The fourth-order valence-electron chi connectivity index (χ4n) is 2.17. The molecule has 0 aliphatic carbocycles. The first kappa shape index (κ1) is 21.9. The van der Waals surface area contributed by atoms with E-state index in [0.717, 1.165) is 0 Å². The Morgan fingerprint density at radius 3 is 2.56 bits per heavy atom. The van der Waals surface area contributed by atoms with Gasteiger partial charge in [-0.25, -0.2) is 9.78 Å². The van der Waals surface area contributed by atoms with E-state index in [1.165, 1.54) is 13.3 Å². The molecule has 12 nitrogen and oxygen atoms in total. The number of aliphatic carboxylic acids is 1. The summed E-state index contributed by atoms with van der Waals surface area (Å²) in [5.74, 6) is -2.45. The van der Waals surface area contributed by atoms with E-state index in [1.807, 2.05) is 0 Å². The monoisotopic (exact) mass is 382 g/mol. The van der Waals surface area contributed by atoms with Crippen molar-refractivity contribution in [2.75, 3.05) is 6.54 Å². The van der Waals surface area contributed by atoms with Crippen molar-refractivity contribution in [3.63, 3.8) is 0 Å². The van der Waals surface area contributed by atoms with Gasteiger partial charge in [0, 0.05) is 24.9 Å². The lowest BCUT2D eigenvalue weighted by Crippen LogP contribution is -2.53. The van der Waals surface area contributed by atoms with Gasteiger partial charge < -0.3 is 37.9 Å². The number of imidazole rings is 1. The van der Waals surface area contributed by atoms with Crippen LogP contribution in [0.5, 0.6) is 0 Å². The van der Waals surface area contributed by atoms with E-state index in [4.69, 9.17) is 17.2 Å². The number of amides is 2. The van der Waals surface area contributed by atoms with Crippen LogP contribution in [0.3, 0.4) is 0 Å². The first-order valence-electron chi connectivity index (χ1n) is 8.32. The molecule has 0 fully saturated rings. The fraction of sp³-hybridized carbons (Fsp3) is 0.533. The minimum atomic E-state index is -1.19. The number of nitrogens with two attached hydrogens (primary N) is 3. The van der Waals surface area contributed by atoms with E-state index >= 15 is 0 Å². The molecule has 0 aromatic carbocycles. The van der Waals surface area contributed by atoms with Crippen LogP contribution in [0.25, 0.3) is 0 Å². The second kappa shape index (κ2) is 10.8. The van der Waals surface area contributed by atoms with Crippen molar-refractivity contribution in [1.82, 2.24) is 20.6 Å². The number of hydrogen-bond donors (Lipinski definition) is 7. The van der Waals surface area contributed by atoms with Gasteiger partial charge in [-0.2, -0.15) is 0 Å². The minimum absolute atomic E-state index is 0.0892. The van der Waals surface area contributed by atoms with Gasteiger partial charge in [-0.1, -0.05) is 0 Å². The molecule has 2 amide bonds. The van der Waals surface area contributed by atoms with E-state index in [0.29, 0.717) is 12.1 Å². The average Bonchev–Trinajstić information content (AvgIpc) is 3.09. The molecule has 0 unspecified atom stereocenters. The molecule has 1 heterocycles. The highest BCUT2D eigenvalue weighted by molar-refractivity contribution is 5.91. The van der Waals surface area contributed by atoms with Crippen LogP contribution in [-0.2, 0) is 20.8 Å². The number of carbonyl (C=O) groups excluding carboxylic acids is 2. The quantitative estimate of drug-likeness (QED) is 0.122. The Kier molecular flexibility index (Phi) is 8.72. The second-order valence-electron chi connectivity index (χ2n) is 5.97. The number of carbonyl (C=O) groups is 3. The first-order chi connectivity index (χ1) is 12.7. The predicted molar refractivity (Wildman–Crippen MR) is 97.3 cm³/mol. The highest BCUT2D eigenvalue weighted by atomic mass is 16.4. The average molecular weight is 382 g/mol. The Morgan fingerprint density at radius 2 is 2.00 bits per heavy atom. The predicted octanol–water partition coefficient (Wildman–Crippen LogP) is -2.59. The Bertz CT molecular complexity index is 657. The lowest BCUT2D eigenvalue weighted by atomic mass is 10.1. The molecule has 0 bridgehead atoms. The maximum atomic E-state index is 12.2. The number of aliphatic imine (C=N–C) groups is 1. The van der Waals surface area contributed by atoms with Crippen molar-refractivity contribution in [1.29, 1.82) is 0 Å². The van der Waals surface area contributed by atoms with Gasteiger partial charge in [-0.3, -0.25) is 14.6 Å². The lowest BCUT2D eigenvalue weighted by Gasteiger charge is -2.20. The van der Waals surface area contributed by atoms with Gasteiger partial charge in [0.05, 0.1) is 12.4 Å². The van der Waals surface area contributed by atoms with Crippen LogP contribution >= 0.6 is 0 Å². The maximum Gasteiger partial charge on any atom is 0.326 e. The summed E-state index contributed by atoms with van der Waals surface area (Å²) in [6.07, 6.45) is 3.74. The number of hydrogen-bond acceptors (Lipinski definition) is 6. The zero-order valence-electron chi connectivity index (χ0n) is 15.0. The summed E-state index contributed by atoms with van der Waals surface area (Å²) in [6.45, 7) is 1.69. The molecule has 1 rings (SSSR count). The van der Waals surface area contributed by atoms with Crippen LogP contribution in [0.1, 0.15) is 25.5 Å². The molecule has 1 aromatic heterocycles. The van der Waals surface area contributed by atoms with E-state index in [-0.39, 0.29) is 25.3 Å². The van der Waals surface area contributed by atoms with E-state index in [9.17, 15) is 19.5 Å². The summed E-state index contributed by atoms with van der Waals surface area (Å²) >= 11 is 0. The first-order valence-corrected chi connectivity index (χ1v) is 8.32. The van der Waals surface area contributed by atoms with E-state index in [2.05, 4.69) is 25.6 Å². The highest BCUT2D eigenvalue weighted by Crippen LogP contribution is 2.01. The highest BCUT2D eigenvalue weighted by Gasteiger charge is 2.25. The standard InChI is InChI=1S/C15H26N8O4/c1-8(22-13(25)10(16)5-9-6-19-7-21-9)12(24)23-11(14(26)27)3-2-4-20-15(17)18/h6-8,10-11H,2-5,16H2,1H3,(H,19,21)(H,22,25)(H,23,24)(H,26,27)(H4,17,18,20)/t8-,10-,11-/m0/s1. The number of carboxylic acid groups (broad SMARTS) is 1. The Hall–Kier alpha value is -3.15. The van der Waals surface area contributed by atoms with E-state index in [1.54, 1.807) is 6.20 Å². The summed E-state index contributed by atoms with van der Waals surface area (Å²) < 4.78 is 0. The van der Waals surface area contributed by atoms with Crippen molar-refractivity contribution < 1.29 is 19.5 Å². The van der Waals surface area contributed by atoms with Gasteiger partial charge in [-0.05, 0) is 19.8 Å². The molecule has 27 heavy (non-hydrogen) atoms. The van der Waals surface area contributed by atoms with Crippen molar-refractivity contribution >= 4 is 23.7 Å². The molecular formula is C15H26N8O4. The molecular weight excluding hydrogens is 356 g/mol. The van der Waals surface area contributed by atoms with Gasteiger partial charge in [-0.15, -0.1) is 0 Å². The number of guanidine groups is 1. The summed E-state index contributed by atoms with van der Waals surface area (Å²) in [7, 11) is 0. The van der Waals surface area contributed by atoms with Crippen molar-refractivity contribution in [2.45, 2.75) is 44.3 Å². The molecule has 0 radical (unpaired) electrons. The van der Waals surface area contributed by atoms with E-state index < -0.39 is 35.9 Å². The molecule has 0 aliphatic heterocycles. The van der Waals surface area contributed by atoms with Gasteiger partial charge in [0.15, 0.2) is 5.96 Å². The number of nitrogens with one attached hydrogen (secondary N) is 3. The Labute approximate surface area is 156 Å². The second-order valence-corrected chi connectivity index (χ2v) is 5.97. The molecule has 0 aliphatic rings. The Balaban J connectivity index is 2.48. The smallest absolute Gasteiger partial charge is 0.326 e. The fourth-order valence-corrected chi connectivity index (χ4v) is 2.17. The normalized spacial score (nSPS) is 13.9. The third-order valence-electron chi connectivity index (χ3n) is 3.64. The van der Waals surface area contributed by atoms with Crippen LogP contribution in [0.2, 0.25) is 0 Å². The van der Waals surface area contributed by atoms with Crippen LogP contribution in [0.15, 0.2) is 17.5 Å². The molecule has 0 saturated heterocycles. The van der Waals surface area contributed by atoms with Gasteiger partial charge in [0.2, 0.25) is 11.8 Å². The molecule has 12 heteroatoms. The minimum Gasteiger partial charge on any atom is -0.480 e. The topological polar surface area (TPSA) is 215 Å². The molecule has 0 saturated carbocycles. The third kappa shape index (κ3) is 8.18. The third-order valence-corrected chi connectivity index (χ3v) is 3.64. The summed E-state index contributed by atoms with van der Waals surface area (Å²) in [5.41, 5.74) is 16.9. The van der Waals surface area contributed by atoms with Crippen LogP contribution in [0.4, 0.5) is 0 Å². The largest absolute Gasteiger partial charge is 0.480 e. The van der Waals surface area contributed by atoms with Crippen molar-refractivity contribution in [3.8, 4) is 0 Å². The Morgan fingerprint density at radius 1 is 1.30 bits per heavy atom. The zero-order chi connectivity index (χ0) is 20.4. The number of aromatic amines is 1. The van der Waals surface area contributed by atoms with Crippen molar-refractivity contribution in [3.05, 3.63) is 18.2 Å². The summed E-state index contributed by atoms with van der Waals surface area (Å²) in [5, 5.41) is 14.0. The summed E-state index contributed by atoms with van der Waals surface area (Å²) in [4.78, 5) is 45.9. The molecule has 1 aromatic rings. The van der Waals surface area contributed by atoms with Gasteiger partial charge >= 0.3 is 5.97 Å². The maximum absolute atomic E-state index is 12.2. The van der Waals surface area contributed by atoms with Gasteiger partial charge in [0.25, 0.3) is 0 Å². The van der Waals surface area contributed by atoms with Gasteiger partial charge in [0.1, 0.15) is 12.1 Å². The lowest BCUT2D eigenvalue weighted by molar-refractivity contribution is -0.142. The van der Waals surface area contributed by atoms with Crippen LogP contribution < -0.4 is 27.8 Å². The molecule has 0 spiro atoms. The summed E-state index contributed by atoms with van der Waals surface area (Å²) in [6, 6.07) is -2.95. The zero-order valence-corrected chi connectivity index (χ0v) is 15.0.